The van der Waals surface area contributed by atoms with E-state index in [2.05, 4.69) is 17.5 Å². The van der Waals surface area contributed by atoms with Gasteiger partial charge in [0.25, 0.3) is 0 Å². The van der Waals surface area contributed by atoms with Crippen molar-refractivity contribution in [3.05, 3.63) is 69.2 Å². The molecule has 19 heavy (non-hydrogen) atoms. The van der Waals surface area contributed by atoms with Crippen LogP contribution in [0.1, 0.15) is 16.7 Å². The molecule has 0 spiro atoms. The second kappa shape index (κ2) is 6.60. The molecule has 0 radical (unpaired) electrons. The number of benzene rings is 2. The largest absolute Gasteiger partial charge is 0.306 e. The van der Waals surface area contributed by atoms with Crippen LogP contribution in [0.3, 0.4) is 0 Å². The fraction of sp³-hybridized carbons (Fsp3) is 0.133. The van der Waals surface area contributed by atoms with E-state index in [4.69, 9.17) is 23.2 Å². The topological polar surface area (TPSA) is 24.4 Å². The number of aryl methyl sites for hydroxylation is 1. The second-order valence-electron chi connectivity index (χ2n) is 4.20. The molecular weight excluding hydrogens is 279 g/mol. The number of hydrogen-bond donors (Lipinski definition) is 1. The first-order valence-corrected chi connectivity index (χ1v) is 6.68. The molecule has 1 N–H and O–H groups in total. The summed E-state index contributed by atoms with van der Waals surface area (Å²) < 4.78 is 0. The highest BCUT2D eigenvalue weighted by Crippen LogP contribution is 2.23. The Balaban J connectivity index is 1.95. The van der Waals surface area contributed by atoms with Crippen molar-refractivity contribution in [2.24, 2.45) is 5.10 Å². The third-order valence-corrected chi connectivity index (χ3v) is 3.41. The van der Waals surface area contributed by atoms with Crippen LogP contribution in [0.2, 0.25) is 10.0 Å². The smallest absolute Gasteiger partial charge is 0.0609 e. The summed E-state index contributed by atoms with van der Waals surface area (Å²) >= 11 is 12.1. The molecule has 2 rings (SSSR count). The molecular formula is C15H14Cl2N2. The summed E-state index contributed by atoms with van der Waals surface area (Å²) in [5.74, 6) is 0. The van der Waals surface area contributed by atoms with Gasteiger partial charge in [0, 0.05) is 15.6 Å². The second-order valence-corrected chi connectivity index (χ2v) is 5.02. The van der Waals surface area contributed by atoms with Gasteiger partial charge in [0.05, 0.1) is 12.8 Å². The molecule has 4 heteroatoms. The number of rotatable bonds is 4. The molecule has 0 aliphatic heterocycles. The average Bonchev–Trinajstić information content (AvgIpc) is 2.39. The SMILES string of the molecule is Cc1ccc(/C=N\NCc2c(Cl)cccc2Cl)cc1. The van der Waals surface area contributed by atoms with E-state index < -0.39 is 0 Å². The minimum absolute atomic E-state index is 0.501. The molecule has 2 aromatic rings. The van der Waals surface area contributed by atoms with E-state index in [0.717, 1.165) is 11.1 Å². The molecule has 0 saturated heterocycles. The van der Waals surface area contributed by atoms with Crippen molar-refractivity contribution < 1.29 is 0 Å². The molecule has 0 aromatic heterocycles. The molecule has 0 heterocycles. The van der Waals surface area contributed by atoms with Gasteiger partial charge in [0.1, 0.15) is 0 Å². The Morgan fingerprint density at radius 3 is 2.32 bits per heavy atom. The molecule has 0 saturated carbocycles. The van der Waals surface area contributed by atoms with Crippen molar-refractivity contribution >= 4 is 29.4 Å². The lowest BCUT2D eigenvalue weighted by molar-refractivity contribution is 0.748. The van der Waals surface area contributed by atoms with Crippen LogP contribution >= 0.6 is 23.2 Å². The first-order valence-electron chi connectivity index (χ1n) is 5.92. The monoisotopic (exact) mass is 292 g/mol. The van der Waals surface area contributed by atoms with Crippen LogP contribution in [0.25, 0.3) is 0 Å². The molecule has 2 nitrogen and oxygen atoms in total. The molecule has 0 bridgehead atoms. The van der Waals surface area contributed by atoms with Gasteiger partial charge in [-0.2, -0.15) is 5.10 Å². The maximum absolute atomic E-state index is 6.07. The Kier molecular flexibility index (Phi) is 4.83. The molecule has 2 aromatic carbocycles. The zero-order valence-electron chi connectivity index (χ0n) is 10.5. The fourth-order valence-electron chi connectivity index (χ4n) is 1.60. The molecule has 0 unspecified atom stereocenters. The zero-order chi connectivity index (χ0) is 13.7. The standard InChI is InChI=1S/C15H14Cl2N2/c1-11-5-7-12(8-6-11)9-18-19-10-13-14(16)3-2-4-15(13)17/h2-9,19H,10H2,1H3/b18-9-. The van der Waals surface area contributed by atoms with Crippen molar-refractivity contribution in [2.45, 2.75) is 13.5 Å². The predicted octanol–water partition coefficient (Wildman–Crippen LogP) is 4.43. The van der Waals surface area contributed by atoms with Crippen molar-refractivity contribution in [3.8, 4) is 0 Å². The third kappa shape index (κ3) is 3.98. The zero-order valence-corrected chi connectivity index (χ0v) is 12.0. The third-order valence-electron chi connectivity index (χ3n) is 2.70. The maximum atomic E-state index is 6.07. The fourth-order valence-corrected chi connectivity index (χ4v) is 2.13. The number of hydrazone groups is 1. The van der Waals surface area contributed by atoms with Crippen LogP contribution in [0, 0.1) is 6.92 Å². The first kappa shape index (κ1) is 13.9. The predicted molar refractivity (Wildman–Crippen MR) is 82.1 cm³/mol. The van der Waals surface area contributed by atoms with Crippen LogP contribution in [-0.4, -0.2) is 6.21 Å². The lowest BCUT2D eigenvalue weighted by atomic mass is 10.2. The van der Waals surface area contributed by atoms with Crippen LogP contribution in [0.15, 0.2) is 47.6 Å². The summed E-state index contributed by atoms with van der Waals surface area (Å²) in [5, 5.41) is 5.44. The van der Waals surface area contributed by atoms with Gasteiger partial charge in [-0.05, 0) is 24.6 Å². The molecule has 0 amide bonds. The minimum atomic E-state index is 0.501. The van der Waals surface area contributed by atoms with Gasteiger partial charge in [-0.3, -0.25) is 0 Å². The van der Waals surface area contributed by atoms with Gasteiger partial charge < -0.3 is 5.43 Å². The van der Waals surface area contributed by atoms with Crippen LogP contribution < -0.4 is 5.43 Å². The van der Waals surface area contributed by atoms with Crippen molar-refractivity contribution in [1.29, 1.82) is 0 Å². The summed E-state index contributed by atoms with van der Waals surface area (Å²) in [4.78, 5) is 0. The maximum Gasteiger partial charge on any atom is 0.0609 e. The Labute approximate surface area is 123 Å². The molecule has 0 aliphatic rings. The summed E-state index contributed by atoms with van der Waals surface area (Å²) in [6.45, 7) is 2.56. The number of nitrogens with zero attached hydrogens (tertiary/aromatic N) is 1. The highest BCUT2D eigenvalue weighted by atomic mass is 35.5. The lowest BCUT2D eigenvalue weighted by Crippen LogP contribution is -2.06. The Morgan fingerprint density at radius 1 is 1.05 bits per heavy atom. The summed E-state index contributed by atoms with van der Waals surface area (Å²) in [5.41, 5.74) is 6.07. The Bertz CT molecular complexity index is 557. The molecule has 0 aliphatic carbocycles. The van der Waals surface area contributed by atoms with Gasteiger partial charge in [0.2, 0.25) is 0 Å². The van der Waals surface area contributed by atoms with Gasteiger partial charge >= 0.3 is 0 Å². The summed E-state index contributed by atoms with van der Waals surface area (Å²) in [6, 6.07) is 13.6. The number of hydrogen-bond acceptors (Lipinski definition) is 2. The quantitative estimate of drug-likeness (QED) is 0.654. The van der Waals surface area contributed by atoms with Gasteiger partial charge in [-0.15, -0.1) is 0 Å². The molecule has 0 fully saturated rings. The first-order chi connectivity index (χ1) is 9.16. The van der Waals surface area contributed by atoms with Gasteiger partial charge in [-0.25, -0.2) is 0 Å². The van der Waals surface area contributed by atoms with Crippen LogP contribution in [0.4, 0.5) is 0 Å². The average molecular weight is 293 g/mol. The lowest BCUT2D eigenvalue weighted by Gasteiger charge is -2.05. The summed E-state index contributed by atoms with van der Waals surface area (Å²) in [7, 11) is 0. The summed E-state index contributed by atoms with van der Waals surface area (Å²) in [6.07, 6.45) is 1.77. The minimum Gasteiger partial charge on any atom is -0.306 e. The van der Waals surface area contributed by atoms with E-state index in [0.29, 0.717) is 16.6 Å². The van der Waals surface area contributed by atoms with Gasteiger partial charge in [0.15, 0.2) is 0 Å². The van der Waals surface area contributed by atoms with Crippen LogP contribution in [-0.2, 0) is 6.54 Å². The van der Waals surface area contributed by atoms with E-state index in [1.54, 1.807) is 6.21 Å². The molecule has 98 valence electrons. The van der Waals surface area contributed by atoms with Crippen LogP contribution in [0.5, 0.6) is 0 Å². The normalized spacial score (nSPS) is 10.9. The van der Waals surface area contributed by atoms with E-state index in [1.807, 2.05) is 42.5 Å². The van der Waals surface area contributed by atoms with E-state index >= 15 is 0 Å². The molecule has 0 atom stereocenters. The Hall–Kier alpha value is -1.51. The number of halogens is 2. The van der Waals surface area contributed by atoms with E-state index in [1.165, 1.54) is 5.56 Å². The van der Waals surface area contributed by atoms with E-state index in [9.17, 15) is 0 Å². The van der Waals surface area contributed by atoms with Gasteiger partial charge in [-0.1, -0.05) is 59.1 Å². The van der Waals surface area contributed by atoms with Crippen molar-refractivity contribution in [1.82, 2.24) is 5.43 Å². The van der Waals surface area contributed by atoms with Crippen molar-refractivity contribution in [2.75, 3.05) is 0 Å². The Morgan fingerprint density at radius 2 is 1.68 bits per heavy atom. The highest BCUT2D eigenvalue weighted by Gasteiger charge is 2.03. The van der Waals surface area contributed by atoms with E-state index in [-0.39, 0.29) is 0 Å². The highest BCUT2D eigenvalue weighted by molar-refractivity contribution is 6.35. The number of nitrogens with one attached hydrogen (secondary N) is 1. The van der Waals surface area contributed by atoms with Crippen molar-refractivity contribution in [3.63, 3.8) is 0 Å².